The van der Waals surface area contributed by atoms with Gasteiger partial charge in [0.1, 0.15) is 11.4 Å². The number of benzene rings is 2. The highest BCUT2D eigenvalue weighted by Crippen LogP contribution is 2.35. The number of nitrogens with one attached hydrogen (secondary N) is 1. The van der Waals surface area contributed by atoms with Crippen molar-refractivity contribution in [1.29, 1.82) is 0 Å². The summed E-state index contributed by atoms with van der Waals surface area (Å²) in [5.41, 5.74) is 5.63. The molecule has 1 amide bonds. The van der Waals surface area contributed by atoms with E-state index < -0.39 is 0 Å². The summed E-state index contributed by atoms with van der Waals surface area (Å²) in [5.74, 6) is 0.382. The van der Waals surface area contributed by atoms with E-state index >= 15 is 0 Å². The number of ether oxygens (including phenoxy) is 1. The lowest BCUT2D eigenvalue weighted by atomic mass is 10.2. The van der Waals surface area contributed by atoms with Gasteiger partial charge in [-0.1, -0.05) is 29.3 Å². The van der Waals surface area contributed by atoms with Crippen molar-refractivity contribution in [2.24, 2.45) is 4.99 Å². The summed E-state index contributed by atoms with van der Waals surface area (Å²) in [4.78, 5) is 17.7. The minimum atomic E-state index is -0.196. The molecule has 0 bridgehead atoms. The number of thioether (sulfide) groups is 1. The number of hydrogen-bond donors (Lipinski definition) is 1. The van der Waals surface area contributed by atoms with Crippen LogP contribution in [-0.4, -0.2) is 22.8 Å². The van der Waals surface area contributed by atoms with E-state index in [1.807, 2.05) is 45.0 Å². The molecule has 1 saturated heterocycles. The maximum absolute atomic E-state index is 12.6. The zero-order valence-corrected chi connectivity index (χ0v) is 20.3. The number of carbonyl (C=O) groups is 1. The Morgan fingerprint density at radius 2 is 1.91 bits per heavy atom. The number of nitrogens with zero attached hydrogens (tertiary/aromatic N) is 2. The molecular weight excluding hydrogens is 465 g/mol. The van der Waals surface area contributed by atoms with Crippen molar-refractivity contribution < 1.29 is 9.53 Å². The third kappa shape index (κ3) is 4.31. The summed E-state index contributed by atoms with van der Waals surface area (Å²) in [6, 6.07) is 13.1. The predicted molar refractivity (Wildman–Crippen MR) is 134 cm³/mol. The first kappa shape index (κ1) is 22.5. The van der Waals surface area contributed by atoms with Crippen LogP contribution in [0.15, 0.2) is 52.4 Å². The number of halogens is 2. The SMILES string of the molecule is COc1ccc(Cl)cc1N=C1NC(=O)/C(=C/c2cc(C)n(-c3cccc(Cl)c3C)c2C)S1. The molecule has 3 aromatic rings. The fourth-order valence-corrected chi connectivity index (χ4v) is 4.79. The van der Waals surface area contributed by atoms with Crippen molar-refractivity contribution in [3.63, 3.8) is 0 Å². The van der Waals surface area contributed by atoms with Crippen LogP contribution in [0.4, 0.5) is 5.69 Å². The number of amidine groups is 1. The minimum absolute atomic E-state index is 0.196. The summed E-state index contributed by atoms with van der Waals surface area (Å²) >= 11 is 13.7. The molecule has 1 N–H and O–H groups in total. The van der Waals surface area contributed by atoms with Crippen LogP contribution >= 0.6 is 35.0 Å². The normalized spacial score (nSPS) is 16.1. The first-order valence-corrected chi connectivity index (χ1v) is 11.4. The maximum Gasteiger partial charge on any atom is 0.264 e. The second kappa shape index (κ2) is 9.06. The number of hydrogen-bond acceptors (Lipinski definition) is 4. The molecule has 164 valence electrons. The summed E-state index contributed by atoms with van der Waals surface area (Å²) in [6.07, 6.45) is 1.89. The molecule has 1 aliphatic rings. The van der Waals surface area contributed by atoms with Gasteiger partial charge in [0.15, 0.2) is 5.17 Å². The molecule has 0 saturated carbocycles. The van der Waals surface area contributed by atoms with E-state index in [4.69, 9.17) is 27.9 Å². The number of methoxy groups -OCH3 is 1. The average Bonchev–Trinajstić information content (AvgIpc) is 3.23. The van der Waals surface area contributed by atoms with Gasteiger partial charge in [0, 0.05) is 27.1 Å². The molecule has 1 aromatic heterocycles. The van der Waals surface area contributed by atoms with Gasteiger partial charge in [-0.05, 0) is 86.1 Å². The Labute approximate surface area is 201 Å². The predicted octanol–water partition coefficient (Wildman–Crippen LogP) is 6.61. The molecule has 2 heterocycles. The summed E-state index contributed by atoms with van der Waals surface area (Å²) < 4.78 is 7.49. The first-order valence-electron chi connectivity index (χ1n) is 9.86. The Balaban J connectivity index is 1.68. The Hall–Kier alpha value is -2.67. The van der Waals surface area contributed by atoms with E-state index in [0.29, 0.717) is 26.5 Å². The highest BCUT2D eigenvalue weighted by atomic mass is 35.5. The molecule has 32 heavy (non-hydrogen) atoms. The van der Waals surface area contributed by atoms with Gasteiger partial charge in [-0.25, -0.2) is 4.99 Å². The monoisotopic (exact) mass is 485 g/mol. The standard InChI is InChI=1S/C24H21Cl2N3O2S/c1-13-10-16(15(3)29(13)20-7-5-6-18(26)14(20)2)11-22-23(30)28-24(32-22)27-19-12-17(25)8-9-21(19)31-4/h5-12H,1-4H3,(H,27,28,30)/b22-11-. The van der Waals surface area contributed by atoms with Crippen molar-refractivity contribution in [3.05, 3.63) is 79.9 Å². The van der Waals surface area contributed by atoms with Crippen LogP contribution in [0.2, 0.25) is 10.0 Å². The lowest BCUT2D eigenvalue weighted by Gasteiger charge is -2.13. The Morgan fingerprint density at radius 3 is 2.66 bits per heavy atom. The molecule has 4 rings (SSSR count). The number of aryl methyl sites for hydroxylation is 1. The third-order valence-electron chi connectivity index (χ3n) is 5.25. The lowest BCUT2D eigenvalue weighted by Crippen LogP contribution is -2.19. The van der Waals surface area contributed by atoms with Crippen LogP contribution in [0, 0.1) is 20.8 Å². The third-order valence-corrected chi connectivity index (χ3v) is 6.81. The summed E-state index contributed by atoms with van der Waals surface area (Å²) in [7, 11) is 1.57. The Morgan fingerprint density at radius 1 is 1.12 bits per heavy atom. The fraction of sp³-hybridized carbons (Fsp3) is 0.167. The molecule has 0 unspecified atom stereocenters. The number of aliphatic imine (C=N–C) groups is 1. The lowest BCUT2D eigenvalue weighted by molar-refractivity contribution is -0.115. The van der Waals surface area contributed by atoms with E-state index in [-0.39, 0.29) is 5.91 Å². The molecule has 0 atom stereocenters. The van der Waals surface area contributed by atoms with E-state index in [1.165, 1.54) is 11.8 Å². The van der Waals surface area contributed by atoms with Crippen molar-refractivity contribution in [1.82, 2.24) is 9.88 Å². The number of aromatic nitrogens is 1. The zero-order chi connectivity index (χ0) is 23.0. The highest BCUT2D eigenvalue weighted by molar-refractivity contribution is 8.18. The van der Waals surface area contributed by atoms with Gasteiger partial charge in [0.25, 0.3) is 5.91 Å². The first-order chi connectivity index (χ1) is 15.3. The largest absolute Gasteiger partial charge is 0.494 e. The number of carbonyl (C=O) groups excluding carboxylic acids is 1. The van der Waals surface area contributed by atoms with Crippen molar-refractivity contribution in [2.75, 3.05) is 7.11 Å². The van der Waals surface area contributed by atoms with Gasteiger partial charge in [0.2, 0.25) is 0 Å². The highest BCUT2D eigenvalue weighted by Gasteiger charge is 2.25. The van der Waals surface area contributed by atoms with Gasteiger partial charge in [-0.2, -0.15) is 0 Å². The summed E-state index contributed by atoms with van der Waals surface area (Å²) in [6.45, 7) is 6.07. The van der Waals surface area contributed by atoms with Gasteiger partial charge in [0.05, 0.1) is 12.0 Å². The van der Waals surface area contributed by atoms with E-state index in [1.54, 1.807) is 25.3 Å². The van der Waals surface area contributed by atoms with Crippen LogP contribution in [0.1, 0.15) is 22.5 Å². The zero-order valence-electron chi connectivity index (χ0n) is 18.0. The van der Waals surface area contributed by atoms with Crippen LogP contribution < -0.4 is 10.1 Å². The van der Waals surface area contributed by atoms with Crippen molar-refractivity contribution in [2.45, 2.75) is 20.8 Å². The molecule has 0 spiro atoms. The maximum atomic E-state index is 12.6. The smallest absolute Gasteiger partial charge is 0.264 e. The molecule has 8 heteroatoms. The van der Waals surface area contributed by atoms with Gasteiger partial charge < -0.3 is 14.6 Å². The average molecular weight is 486 g/mol. The molecule has 1 fully saturated rings. The number of rotatable bonds is 4. The minimum Gasteiger partial charge on any atom is -0.494 e. The van der Waals surface area contributed by atoms with Gasteiger partial charge in [-0.15, -0.1) is 0 Å². The summed E-state index contributed by atoms with van der Waals surface area (Å²) in [5, 5.41) is 4.55. The van der Waals surface area contributed by atoms with Gasteiger partial charge in [-0.3, -0.25) is 4.79 Å². The van der Waals surface area contributed by atoms with Crippen molar-refractivity contribution in [3.8, 4) is 11.4 Å². The number of amides is 1. The second-order valence-corrected chi connectivity index (χ2v) is 9.22. The van der Waals surface area contributed by atoms with E-state index in [9.17, 15) is 4.79 Å². The quantitative estimate of drug-likeness (QED) is 0.423. The molecule has 2 aromatic carbocycles. The van der Waals surface area contributed by atoms with Gasteiger partial charge >= 0.3 is 0 Å². The second-order valence-electron chi connectivity index (χ2n) is 7.34. The molecule has 1 aliphatic heterocycles. The van der Waals surface area contributed by atoms with Crippen LogP contribution in [0.3, 0.4) is 0 Å². The fourth-order valence-electron chi connectivity index (χ4n) is 3.62. The van der Waals surface area contributed by atoms with Crippen LogP contribution in [-0.2, 0) is 4.79 Å². The van der Waals surface area contributed by atoms with E-state index in [2.05, 4.69) is 20.9 Å². The van der Waals surface area contributed by atoms with Crippen LogP contribution in [0.25, 0.3) is 11.8 Å². The van der Waals surface area contributed by atoms with Crippen molar-refractivity contribution >= 4 is 57.8 Å². The molecule has 0 radical (unpaired) electrons. The Bertz CT molecular complexity index is 1290. The van der Waals surface area contributed by atoms with E-state index in [0.717, 1.165) is 33.2 Å². The molecule has 5 nitrogen and oxygen atoms in total. The topological polar surface area (TPSA) is 55.6 Å². The molecule has 0 aliphatic carbocycles. The Kier molecular flexibility index (Phi) is 6.38. The molecular formula is C24H21Cl2N3O2S. The van der Waals surface area contributed by atoms with Crippen LogP contribution in [0.5, 0.6) is 5.75 Å².